The predicted octanol–water partition coefficient (Wildman–Crippen LogP) is 3.21. The van der Waals surface area contributed by atoms with Crippen molar-refractivity contribution >= 4 is 23.2 Å². The van der Waals surface area contributed by atoms with Crippen LogP contribution in [0, 0.1) is 0 Å². The van der Waals surface area contributed by atoms with E-state index in [1.54, 1.807) is 30.6 Å². The number of rotatable bonds is 5. The minimum absolute atomic E-state index is 0.413. The molecule has 0 fully saturated rings. The minimum Gasteiger partial charge on any atom is -0.387 e. The van der Waals surface area contributed by atoms with Crippen molar-refractivity contribution in [3.8, 4) is 0 Å². The first-order chi connectivity index (χ1) is 9.16. The Morgan fingerprint density at radius 2 is 2.11 bits per heavy atom. The average molecular weight is 297 g/mol. The first kappa shape index (κ1) is 14.3. The Morgan fingerprint density at radius 3 is 2.79 bits per heavy atom. The fourth-order valence-electron chi connectivity index (χ4n) is 1.74. The number of nitrogens with one attached hydrogen (secondary N) is 1. The second-order valence-electron chi connectivity index (χ2n) is 4.17. The van der Waals surface area contributed by atoms with E-state index in [0.717, 1.165) is 5.56 Å². The van der Waals surface area contributed by atoms with Crippen LogP contribution in [0.5, 0.6) is 0 Å². The number of aromatic nitrogens is 1. The summed E-state index contributed by atoms with van der Waals surface area (Å²) in [6, 6.07) is 8.93. The summed E-state index contributed by atoms with van der Waals surface area (Å²) in [5.74, 6) is 0. The molecule has 5 heteroatoms. The molecule has 100 valence electrons. The minimum atomic E-state index is -0.665. The average Bonchev–Trinajstić information content (AvgIpc) is 2.39. The molecule has 2 N–H and O–H groups in total. The lowest BCUT2D eigenvalue weighted by molar-refractivity contribution is 0.174. The molecule has 2 rings (SSSR count). The first-order valence-corrected chi connectivity index (χ1v) is 6.65. The maximum absolute atomic E-state index is 10.1. The first-order valence-electron chi connectivity index (χ1n) is 5.89. The van der Waals surface area contributed by atoms with Gasteiger partial charge in [-0.15, -0.1) is 0 Å². The van der Waals surface area contributed by atoms with Crippen LogP contribution in [0.2, 0.25) is 10.0 Å². The van der Waals surface area contributed by atoms with Gasteiger partial charge in [-0.25, -0.2) is 0 Å². The maximum Gasteiger partial charge on any atom is 0.0928 e. The highest BCUT2D eigenvalue weighted by atomic mass is 35.5. The molecule has 0 aliphatic rings. The van der Waals surface area contributed by atoms with Gasteiger partial charge in [-0.1, -0.05) is 35.3 Å². The van der Waals surface area contributed by atoms with Gasteiger partial charge in [-0.3, -0.25) is 4.98 Å². The molecule has 0 saturated carbocycles. The molecule has 0 amide bonds. The van der Waals surface area contributed by atoms with Gasteiger partial charge in [-0.05, 0) is 23.8 Å². The number of aliphatic hydroxyl groups excluding tert-OH is 1. The van der Waals surface area contributed by atoms with Gasteiger partial charge in [0.05, 0.1) is 6.10 Å². The Bertz CT molecular complexity index is 534. The van der Waals surface area contributed by atoms with Gasteiger partial charge in [-0.2, -0.15) is 0 Å². The molecule has 0 saturated heterocycles. The van der Waals surface area contributed by atoms with E-state index in [-0.39, 0.29) is 0 Å². The normalized spacial score (nSPS) is 12.4. The van der Waals surface area contributed by atoms with Gasteiger partial charge < -0.3 is 10.4 Å². The maximum atomic E-state index is 10.1. The zero-order valence-corrected chi connectivity index (χ0v) is 11.7. The molecule has 1 aromatic carbocycles. The second kappa shape index (κ2) is 6.87. The summed E-state index contributed by atoms with van der Waals surface area (Å²) < 4.78 is 0. The number of hydrogen-bond donors (Lipinski definition) is 2. The van der Waals surface area contributed by atoms with Crippen molar-refractivity contribution in [1.82, 2.24) is 10.3 Å². The van der Waals surface area contributed by atoms with Gasteiger partial charge in [0.25, 0.3) is 0 Å². The van der Waals surface area contributed by atoms with Crippen LogP contribution in [-0.4, -0.2) is 16.6 Å². The zero-order valence-electron chi connectivity index (χ0n) is 10.2. The number of pyridine rings is 1. The predicted molar refractivity (Wildman–Crippen MR) is 77.4 cm³/mol. The van der Waals surface area contributed by atoms with Gasteiger partial charge in [0.2, 0.25) is 0 Å². The molecule has 0 bridgehead atoms. The van der Waals surface area contributed by atoms with Crippen molar-refractivity contribution < 1.29 is 5.11 Å². The number of benzene rings is 1. The van der Waals surface area contributed by atoms with Crippen LogP contribution >= 0.6 is 23.2 Å². The van der Waals surface area contributed by atoms with Crippen molar-refractivity contribution in [2.24, 2.45) is 0 Å². The van der Waals surface area contributed by atoms with Gasteiger partial charge in [0.1, 0.15) is 0 Å². The molecule has 1 atom stereocenters. The third-order valence-electron chi connectivity index (χ3n) is 2.71. The summed E-state index contributed by atoms with van der Waals surface area (Å²) in [5.41, 5.74) is 1.74. The lowest BCUT2D eigenvalue weighted by Crippen LogP contribution is -2.21. The van der Waals surface area contributed by atoms with Crippen LogP contribution in [0.1, 0.15) is 17.2 Å². The van der Waals surface area contributed by atoms with Crippen molar-refractivity contribution in [1.29, 1.82) is 0 Å². The van der Waals surface area contributed by atoms with E-state index >= 15 is 0 Å². The monoisotopic (exact) mass is 296 g/mol. The van der Waals surface area contributed by atoms with Crippen molar-refractivity contribution in [2.45, 2.75) is 12.6 Å². The summed E-state index contributed by atoms with van der Waals surface area (Å²) in [6.45, 7) is 1.06. The highest BCUT2D eigenvalue weighted by Crippen LogP contribution is 2.25. The van der Waals surface area contributed by atoms with Crippen molar-refractivity contribution in [2.75, 3.05) is 6.54 Å². The topological polar surface area (TPSA) is 45.1 Å². The van der Waals surface area contributed by atoms with E-state index in [9.17, 15) is 5.11 Å². The summed E-state index contributed by atoms with van der Waals surface area (Å²) in [5, 5.41) is 14.3. The third kappa shape index (κ3) is 4.18. The largest absolute Gasteiger partial charge is 0.387 e. The SMILES string of the molecule is OC(CNCc1cccnc1)c1ccc(Cl)cc1Cl. The second-order valence-corrected chi connectivity index (χ2v) is 5.02. The molecule has 0 radical (unpaired) electrons. The van der Waals surface area contributed by atoms with Crippen LogP contribution < -0.4 is 5.32 Å². The molecule has 1 unspecified atom stereocenters. The molecule has 1 heterocycles. The molecule has 0 aliphatic carbocycles. The number of aliphatic hydroxyl groups is 1. The number of halogens is 2. The third-order valence-corrected chi connectivity index (χ3v) is 3.27. The highest BCUT2D eigenvalue weighted by Gasteiger charge is 2.11. The Kier molecular flexibility index (Phi) is 5.16. The molecule has 0 spiro atoms. The molecule has 19 heavy (non-hydrogen) atoms. The molecule has 0 aliphatic heterocycles. The summed E-state index contributed by atoms with van der Waals surface area (Å²) in [7, 11) is 0. The quantitative estimate of drug-likeness (QED) is 0.890. The van der Waals surface area contributed by atoms with Gasteiger partial charge >= 0.3 is 0 Å². The smallest absolute Gasteiger partial charge is 0.0928 e. The molecule has 2 aromatic rings. The Hall–Kier alpha value is -1.13. The van der Waals surface area contributed by atoms with E-state index in [1.807, 2.05) is 12.1 Å². The van der Waals surface area contributed by atoms with Crippen LogP contribution in [0.25, 0.3) is 0 Å². The summed E-state index contributed by atoms with van der Waals surface area (Å²) in [6.07, 6.45) is 2.85. The zero-order chi connectivity index (χ0) is 13.7. The Morgan fingerprint density at radius 1 is 1.26 bits per heavy atom. The fraction of sp³-hybridized carbons (Fsp3) is 0.214. The van der Waals surface area contributed by atoms with E-state index in [4.69, 9.17) is 23.2 Å². The number of hydrogen-bond acceptors (Lipinski definition) is 3. The highest BCUT2D eigenvalue weighted by molar-refractivity contribution is 6.35. The van der Waals surface area contributed by atoms with Crippen LogP contribution in [0.3, 0.4) is 0 Å². The van der Waals surface area contributed by atoms with Crippen LogP contribution in [-0.2, 0) is 6.54 Å². The van der Waals surface area contributed by atoms with Crippen LogP contribution in [0.15, 0.2) is 42.7 Å². The van der Waals surface area contributed by atoms with E-state index in [0.29, 0.717) is 28.7 Å². The van der Waals surface area contributed by atoms with Gasteiger partial charge in [0.15, 0.2) is 0 Å². The Labute approximate surface area is 122 Å². The Balaban J connectivity index is 1.89. The summed E-state index contributed by atoms with van der Waals surface area (Å²) >= 11 is 11.9. The van der Waals surface area contributed by atoms with Crippen molar-refractivity contribution in [3.63, 3.8) is 0 Å². The molecular formula is C14H14Cl2N2O. The lowest BCUT2D eigenvalue weighted by atomic mass is 10.1. The summed E-state index contributed by atoms with van der Waals surface area (Å²) in [4.78, 5) is 4.03. The molecular weight excluding hydrogens is 283 g/mol. The molecule has 3 nitrogen and oxygen atoms in total. The fourth-order valence-corrected chi connectivity index (χ4v) is 2.27. The molecule has 1 aromatic heterocycles. The number of nitrogens with zero attached hydrogens (tertiary/aromatic N) is 1. The van der Waals surface area contributed by atoms with Gasteiger partial charge in [0, 0.05) is 41.1 Å². The van der Waals surface area contributed by atoms with Crippen molar-refractivity contribution in [3.05, 3.63) is 63.9 Å². The van der Waals surface area contributed by atoms with E-state index < -0.39 is 6.10 Å². The lowest BCUT2D eigenvalue weighted by Gasteiger charge is -2.14. The van der Waals surface area contributed by atoms with E-state index in [2.05, 4.69) is 10.3 Å². The standard InChI is InChI=1S/C14H14Cl2N2O/c15-11-3-4-12(13(16)6-11)14(19)9-18-8-10-2-1-5-17-7-10/h1-7,14,18-19H,8-9H2. The van der Waals surface area contributed by atoms with Crippen LogP contribution in [0.4, 0.5) is 0 Å². The van der Waals surface area contributed by atoms with E-state index in [1.165, 1.54) is 0 Å².